The zero-order valence-corrected chi connectivity index (χ0v) is 14.7. The second kappa shape index (κ2) is 8.01. The van der Waals surface area contributed by atoms with Crippen molar-refractivity contribution < 1.29 is 27.2 Å². The van der Waals surface area contributed by atoms with E-state index in [4.69, 9.17) is 11.6 Å². The molecule has 3 rings (SSSR count). The number of aromatic nitrogens is 1. The van der Waals surface area contributed by atoms with Crippen LogP contribution in [0.25, 0.3) is 0 Å². The first-order valence-electron chi connectivity index (χ1n) is 8.00. The minimum atomic E-state index is -2.81. The Morgan fingerprint density at radius 3 is 2.57 bits per heavy atom. The maximum atomic E-state index is 14.5. The number of halogens is 5. The van der Waals surface area contributed by atoms with Crippen molar-refractivity contribution in [3.8, 4) is 0 Å². The van der Waals surface area contributed by atoms with Crippen LogP contribution >= 0.6 is 11.6 Å². The lowest BCUT2D eigenvalue weighted by atomic mass is 9.98. The van der Waals surface area contributed by atoms with Gasteiger partial charge in [-0.3, -0.25) is 9.78 Å². The summed E-state index contributed by atoms with van der Waals surface area (Å²) in [5, 5.41) is 6.50. The molecule has 1 saturated heterocycles. The fourth-order valence-electron chi connectivity index (χ4n) is 2.68. The summed E-state index contributed by atoms with van der Waals surface area (Å²) in [5.74, 6) is -2.77. The summed E-state index contributed by atoms with van der Waals surface area (Å²) in [7, 11) is 0. The van der Waals surface area contributed by atoms with Crippen molar-refractivity contribution in [2.75, 3.05) is 6.54 Å². The SMILES string of the molecule is O=C1NCC(C(=O)N[C@H](c2ccc(C(F)F)nc2)c2ccc(F)c(Cl)c2F)N1. The molecule has 6 nitrogen and oxygen atoms in total. The van der Waals surface area contributed by atoms with E-state index in [0.717, 1.165) is 24.4 Å². The van der Waals surface area contributed by atoms with Crippen molar-refractivity contribution in [3.63, 3.8) is 0 Å². The second-order valence-corrected chi connectivity index (χ2v) is 6.31. The summed E-state index contributed by atoms with van der Waals surface area (Å²) in [6.45, 7) is 0.00656. The lowest BCUT2D eigenvalue weighted by Crippen LogP contribution is -2.44. The molecule has 0 aliphatic carbocycles. The van der Waals surface area contributed by atoms with Crippen LogP contribution < -0.4 is 16.0 Å². The molecule has 11 heteroatoms. The molecule has 1 aromatic carbocycles. The molecule has 2 heterocycles. The maximum Gasteiger partial charge on any atom is 0.315 e. The fraction of sp³-hybridized carbons (Fsp3) is 0.235. The molecule has 1 aliphatic heterocycles. The van der Waals surface area contributed by atoms with E-state index in [0.29, 0.717) is 0 Å². The summed E-state index contributed by atoms with van der Waals surface area (Å²) in [6.07, 6.45) is -1.76. The summed E-state index contributed by atoms with van der Waals surface area (Å²) in [6, 6.07) is 1.58. The van der Waals surface area contributed by atoms with Crippen molar-refractivity contribution >= 4 is 23.5 Å². The van der Waals surface area contributed by atoms with Gasteiger partial charge in [-0.15, -0.1) is 0 Å². The van der Waals surface area contributed by atoms with Crippen molar-refractivity contribution in [1.29, 1.82) is 0 Å². The van der Waals surface area contributed by atoms with Gasteiger partial charge in [0, 0.05) is 18.3 Å². The van der Waals surface area contributed by atoms with Gasteiger partial charge in [0.1, 0.15) is 28.4 Å². The van der Waals surface area contributed by atoms with E-state index in [1.807, 2.05) is 0 Å². The first-order chi connectivity index (χ1) is 13.3. The molecule has 3 amide bonds. The van der Waals surface area contributed by atoms with E-state index in [1.165, 1.54) is 6.07 Å². The molecule has 1 fully saturated rings. The third-order valence-electron chi connectivity index (χ3n) is 4.12. The van der Waals surface area contributed by atoms with Crippen LogP contribution in [0.5, 0.6) is 0 Å². The number of benzene rings is 1. The Bertz CT molecular complexity index is 911. The number of hydrogen-bond donors (Lipinski definition) is 3. The Balaban J connectivity index is 1.97. The minimum Gasteiger partial charge on any atom is -0.343 e. The number of pyridine rings is 1. The van der Waals surface area contributed by atoms with Gasteiger partial charge < -0.3 is 16.0 Å². The van der Waals surface area contributed by atoms with Gasteiger partial charge in [-0.05, 0) is 17.7 Å². The average Bonchev–Trinajstić information content (AvgIpc) is 3.11. The lowest BCUT2D eigenvalue weighted by Gasteiger charge is -2.22. The number of urea groups is 1. The number of nitrogens with zero attached hydrogens (tertiary/aromatic N) is 1. The lowest BCUT2D eigenvalue weighted by molar-refractivity contribution is -0.122. The average molecular weight is 417 g/mol. The van der Waals surface area contributed by atoms with E-state index in [2.05, 4.69) is 20.9 Å². The van der Waals surface area contributed by atoms with Crippen LogP contribution in [0.3, 0.4) is 0 Å². The van der Waals surface area contributed by atoms with Crippen LogP contribution in [0.1, 0.15) is 29.3 Å². The third-order valence-corrected chi connectivity index (χ3v) is 4.46. The Kier molecular flexibility index (Phi) is 5.68. The maximum absolute atomic E-state index is 14.5. The summed E-state index contributed by atoms with van der Waals surface area (Å²) in [4.78, 5) is 27.3. The normalized spacial score (nSPS) is 17.2. The summed E-state index contributed by atoms with van der Waals surface area (Å²) < 4.78 is 53.5. The number of rotatable bonds is 5. The zero-order valence-electron chi connectivity index (χ0n) is 14.0. The fourth-order valence-corrected chi connectivity index (χ4v) is 2.85. The third kappa shape index (κ3) is 4.01. The highest BCUT2D eigenvalue weighted by Gasteiger charge is 2.31. The number of alkyl halides is 2. The molecule has 148 valence electrons. The van der Waals surface area contributed by atoms with Gasteiger partial charge in [-0.1, -0.05) is 23.7 Å². The molecular formula is C17H13ClF4N4O2. The summed E-state index contributed by atoms with van der Waals surface area (Å²) >= 11 is 5.62. The predicted octanol–water partition coefficient (Wildman–Crippen LogP) is 2.84. The van der Waals surface area contributed by atoms with Gasteiger partial charge in [0.2, 0.25) is 5.91 Å². The number of hydrogen-bond acceptors (Lipinski definition) is 3. The van der Waals surface area contributed by atoms with Crippen LogP contribution in [-0.2, 0) is 4.79 Å². The van der Waals surface area contributed by atoms with E-state index >= 15 is 0 Å². The first kappa shape index (κ1) is 19.9. The smallest absolute Gasteiger partial charge is 0.315 e. The number of amides is 3. The standard InChI is InChI=1S/C17H13ClF4N4O2/c18-12-9(19)3-2-8(13(12)20)14(7-1-4-10(15(21)22)23-5-7)26-16(27)11-6-24-17(28)25-11/h1-5,11,14-15H,6H2,(H,26,27)(H2,24,25,28)/t11?,14-/m1/s1. The van der Waals surface area contributed by atoms with Crippen molar-refractivity contribution in [1.82, 2.24) is 20.9 Å². The number of nitrogens with one attached hydrogen (secondary N) is 3. The molecule has 28 heavy (non-hydrogen) atoms. The highest BCUT2D eigenvalue weighted by Crippen LogP contribution is 2.30. The molecular weight excluding hydrogens is 404 g/mol. The zero-order chi connectivity index (χ0) is 20.4. The van der Waals surface area contributed by atoms with E-state index in [9.17, 15) is 27.2 Å². The quantitative estimate of drug-likeness (QED) is 0.518. The van der Waals surface area contributed by atoms with Crippen LogP contribution in [0.2, 0.25) is 5.02 Å². The van der Waals surface area contributed by atoms with Crippen LogP contribution in [0.4, 0.5) is 22.4 Å². The second-order valence-electron chi connectivity index (χ2n) is 5.93. The van der Waals surface area contributed by atoms with Gasteiger partial charge in [-0.25, -0.2) is 22.4 Å². The molecule has 1 unspecified atom stereocenters. The van der Waals surface area contributed by atoms with Gasteiger partial charge in [0.05, 0.1) is 6.04 Å². The molecule has 3 N–H and O–H groups in total. The summed E-state index contributed by atoms with van der Waals surface area (Å²) in [5.41, 5.74) is -0.529. The van der Waals surface area contributed by atoms with E-state index < -0.39 is 52.8 Å². The Morgan fingerprint density at radius 2 is 2.00 bits per heavy atom. The number of carbonyl (C=O) groups excluding carboxylic acids is 2. The van der Waals surface area contributed by atoms with Gasteiger partial charge in [0.25, 0.3) is 6.43 Å². The van der Waals surface area contributed by atoms with E-state index in [-0.39, 0.29) is 17.7 Å². The molecule has 0 radical (unpaired) electrons. The van der Waals surface area contributed by atoms with Crippen LogP contribution in [0.15, 0.2) is 30.5 Å². The molecule has 0 saturated carbocycles. The molecule has 1 aromatic heterocycles. The topological polar surface area (TPSA) is 83.1 Å². The highest BCUT2D eigenvalue weighted by atomic mass is 35.5. The van der Waals surface area contributed by atoms with Crippen LogP contribution in [0, 0.1) is 11.6 Å². The monoisotopic (exact) mass is 416 g/mol. The Hall–Kier alpha value is -2.88. The molecule has 2 aromatic rings. The minimum absolute atomic E-state index is 0.00656. The molecule has 0 spiro atoms. The van der Waals surface area contributed by atoms with Crippen molar-refractivity contribution in [2.24, 2.45) is 0 Å². The Labute approximate surface area is 161 Å². The van der Waals surface area contributed by atoms with Gasteiger partial charge >= 0.3 is 6.03 Å². The van der Waals surface area contributed by atoms with Gasteiger partial charge in [0.15, 0.2) is 0 Å². The molecule has 0 bridgehead atoms. The largest absolute Gasteiger partial charge is 0.343 e. The van der Waals surface area contributed by atoms with Crippen molar-refractivity contribution in [2.45, 2.75) is 18.5 Å². The molecule has 2 atom stereocenters. The van der Waals surface area contributed by atoms with E-state index in [1.54, 1.807) is 0 Å². The molecule has 1 aliphatic rings. The first-order valence-corrected chi connectivity index (χ1v) is 8.38. The van der Waals surface area contributed by atoms with Gasteiger partial charge in [-0.2, -0.15) is 0 Å². The number of carbonyl (C=O) groups is 2. The predicted molar refractivity (Wildman–Crippen MR) is 90.9 cm³/mol. The van der Waals surface area contributed by atoms with Crippen LogP contribution in [-0.4, -0.2) is 29.5 Å². The highest BCUT2D eigenvalue weighted by molar-refractivity contribution is 6.31. The van der Waals surface area contributed by atoms with Crippen molar-refractivity contribution in [3.05, 3.63) is 63.9 Å². The Morgan fingerprint density at radius 1 is 1.25 bits per heavy atom.